The fourth-order valence-electron chi connectivity index (χ4n) is 3.28. The average molecular weight is 497 g/mol. The summed E-state index contributed by atoms with van der Waals surface area (Å²) >= 11 is 7.56. The Bertz CT molecular complexity index is 1200. The third-order valence-corrected chi connectivity index (χ3v) is 6.30. The zero-order valence-electron chi connectivity index (χ0n) is 18.8. The number of amidine groups is 1. The number of amides is 1. The van der Waals surface area contributed by atoms with Gasteiger partial charge >= 0.3 is 0 Å². The second kappa shape index (κ2) is 10.8. The minimum Gasteiger partial charge on any atom is -0.494 e. The lowest BCUT2D eigenvalue weighted by molar-refractivity contribution is 0.0978. The number of carbonyl (C=O) groups excluding carboxylic acids is 1. The van der Waals surface area contributed by atoms with E-state index < -0.39 is 0 Å². The van der Waals surface area contributed by atoms with E-state index in [0.29, 0.717) is 33.5 Å². The molecule has 4 rings (SSSR count). The lowest BCUT2D eigenvalue weighted by Gasteiger charge is -2.16. The van der Waals surface area contributed by atoms with Gasteiger partial charge in [0.05, 0.1) is 13.3 Å². The van der Waals surface area contributed by atoms with E-state index >= 15 is 0 Å². The van der Waals surface area contributed by atoms with Crippen LogP contribution in [0, 0.1) is 17.8 Å². The van der Waals surface area contributed by atoms with Gasteiger partial charge in [0.15, 0.2) is 10.5 Å². The smallest absolute Gasteiger partial charge is 0.257 e. The third-order valence-electron chi connectivity index (χ3n) is 5.22. The maximum Gasteiger partial charge on any atom is 0.257 e. The molecule has 2 unspecified atom stereocenters. The van der Waals surface area contributed by atoms with Gasteiger partial charge in [-0.1, -0.05) is 29.5 Å². The van der Waals surface area contributed by atoms with Crippen molar-refractivity contribution in [2.75, 3.05) is 14.2 Å². The number of benzene rings is 1. The summed E-state index contributed by atoms with van der Waals surface area (Å²) in [7, 11) is 3.34. The molecule has 1 aromatic carbocycles. The summed E-state index contributed by atoms with van der Waals surface area (Å²) in [4.78, 5) is 17.4. The molecule has 1 saturated carbocycles. The summed E-state index contributed by atoms with van der Waals surface area (Å²) in [6.07, 6.45) is 7.43. The number of ether oxygens (including phenoxy) is 1. The molecule has 0 radical (unpaired) electrons. The van der Waals surface area contributed by atoms with Crippen LogP contribution in [-0.4, -0.2) is 35.6 Å². The fourth-order valence-corrected chi connectivity index (χ4v) is 4.15. The van der Waals surface area contributed by atoms with E-state index in [1.807, 2.05) is 18.2 Å². The number of hydrogen-bond acceptors (Lipinski definition) is 8. The number of nitrogens with two attached hydrogens (primary N) is 1. The van der Waals surface area contributed by atoms with E-state index in [4.69, 9.17) is 22.1 Å². The molecule has 2 heterocycles. The first-order chi connectivity index (χ1) is 16.5. The van der Waals surface area contributed by atoms with Gasteiger partial charge in [0, 0.05) is 30.1 Å². The molecule has 34 heavy (non-hydrogen) atoms. The highest BCUT2D eigenvalue weighted by Gasteiger charge is 2.24. The summed E-state index contributed by atoms with van der Waals surface area (Å²) in [6.45, 7) is 0. The van der Waals surface area contributed by atoms with Crippen LogP contribution in [-0.2, 0) is 0 Å². The Kier molecular flexibility index (Phi) is 7.63. The largest absolute Gasteiger partial charge is 0.494 e. The fraction of sp³-hybridized carbons (Fsp3) is 0.292. The highest BCUT2D eigenvalue weighted by atomic mass is 35.5. The Balaban J connectivity index is 1.63. The maximum absolute atomic E-state index is 13.3. The highest BCUT2D eigenvalue weighted by Crippen LogP contribution is 2.35. The van der Waals surface area contributed by atoms with Gasteiger partial charge in [-0.15, -0.1) is 0 Å². The van der Waals surface area contributed by atoms with E-state index in [0.717, 1.165) is 18.4 Å². The van der Waals surface area contributed by atoms with E-state index in [2.05, 4.69) is 38.0 Å². The number of hydrazone groups is 1. The number of nitrogens with one attached hydrogen (secondary N) is 3. The quantitative estimate of drug-likeness (QED) is 0.358. The number of thioether (sulfide) groups is 1. The predicted molar refractivity (Wildman–Crippen MR) is 136 cm³/mol. The normalized spacial score (nSPS) is 17.9. The van der Waals surface area contributed by atoms with E-state index in [9.17, 15) is 4.79 Å². The van der Waals surface area contributed by atoms with Crippen LogP contribution < -0.4 is 26.5 Å². The van der Waals surface area contributed by atoms with E-state index in [-0.39, 0.29) is 22.5 Å². The van der Waals surface area contributed by atoms with Crippen LogP contribution in [0.1, 0.15) is 34.8 Å². The van der Waals surface area contributed by atoms with Crippen molar-refractivity contribution >= 4 is 34.4 Å². The van der Waals surface area contributed by atoms with Gasteiger partial charge in [0.25, 0.3) is 5.91 Å². The molecule has 1 amide bonds. The Morgan fingerprint density at radius 2 is 2.18 bits per heavy atom. The Hall–Kier alpha value is -3.19. The van der Waals surface area contributed by atoms with Crippen LogP contribution >= 0.6 is 23.4 Å². The number of carbonyl (C=O) groups is 1. The predicted octanol–water partition coefficient (Wildman–Crippen LogP) is 3.22. The molecule has 1 fully saturated rings. The van der Waals surface area contributed by atoms with Crippen LogP contribution in [0.5, 0.6) is 5.75 Å². The summed E-state index contributed by atoms with van der Waals surface area (Å²) < 4.78 is 5.49. The van der Waals surface area contributed by atoms with Gasteiger partial charge in [-0.25, -0.2) is 4.98 Å². The molecule has 176 valence electrons. The zero-order valence-corrected chi connectivity index (χ0v) is 20.3. The number of rotatable bonds is 6. The Morgan fingerprint density at radius 3 is 2.91 bits per heavy atom. The molecule has 2 aromatic rings. The molecule has 1 aliphatic heterocycles. The first-order valence-corrected chi connectivity index (χ1v) is 12.0. The molecule has 0 saturated heterocycles. The lowest BCUT2D eigenvalue weighted by atomic mass is 9.94. The van der Waals surface area contributed by atoms with Crippen molar-refractivity contribution in [3.8, 4) is 28.7 Å². The first-order valence-electron chi connectivity index (χ1n) is 10.7. The number of nitrogens with zero attached hydrogens (tertiary/aromatic N) is 2. The number of halogens is 1. The zero-order chi connectivity index (χ0) is 24.1. The Labute approximate surface area is 207 Å². The number of methoxy groups -OCH3 is 1. The Morgan fingerprint density at radius 1 is 1.35 bits per heavy atom. The van der Waals surface area contributed by atoms with Crippen molar-refractivity contribution < 1.29 is 9.53 Å². The van der Waals surface area contributed by atoms with Crippen molar-refractivity contribution in [2.24, 2.45) is 16.8 Å². The SMILES string of the molecule is CN/C=C\C(N)c1ccc(C(=O)NC2=NNC(C#CC3CC3)S2)c(-c2cc(Cl)ncc2OC)c1. The van der Waals surface area contributed by atoms with Crippen LogP contribution in [0.25, 0.3) is 11.1 Å². The maximum atomic E-state index is 13.3. The molecular weight excluding hydrogens is 472 g/mol. The van der Waals surface area contributed by atoms with Gasteiger partial charge < -0.3 is 15.8 Å². The van der Waals surface area contributed by atoms with Gasteiger partial charge in [-0.3, -0.25) is 15.5 Å². The molecule has 5 N–H and O–H groups in total. The van der Waals surface area contributed by atoms with Crippen molar-refractivity contribution in [1.82, 2.24) is 21.0 Å². The molecule has 2 atom stereocenters. The monoisotopic (exact) mass is 496 g/mol. The van der Waals surface area contributed by atoms with Crippen LogP contribution in [0.4, 0.5) is 0 Å². The van der Waals surface area contributed by atoms with Crippen molar-refractivity contribution in [2.45, 2.75) is 24.3 Å². The first kappa shape index (κ1) is 24.0. The molecule has 2 aliphatic rings. The minimum absolute atomic E-state index is 0.172. The van der Waals surface area contributed by atoms with Gasteiger partial charge in [0.2, 0.25) is 0 Å². The molecule has 0 bridgehead atoms. The van der Waals surface area contributed by atoms with Crippen LogP contribution in [0.15, 0.2) is 47.8 Å². The second-order valence-corrected chi connectivity index (χ2v) is 9.23. The molecule has 0 spiro atoms. The minimum atomic E-state index is -0.378. The standard InChI is InChI=1S/C24H25ClN6O2S/c1-27-10-9-19(26)15-6-7-16(17(11-15)18-12-21(25)28-13-20(18)33-2)23(32)29-24-31-30-22(34-24)8-5-14-3-4-14/h6-7,9-14,19,22,27,30H,3-4,26H2,1-2H3,(H,29,31,32)/b10-9-. The molecule has 1 aliphatic carbocycles. The number of aromatic nitrogens is 1. The summed E-state index contributed by atoms with van der Waals surface area (Å²) in [5, 5.41) is 10.6. The summed E-state index contributed by atoms with van der Waals surface area (Å²) in [6, 6.07) is 6.71. The van der Waals surface area contributed by atoms with E-state index in [1.165, 1.54) is 25.1 Å². The molecule has 1 aromatic heterocycles. The lowest BCUT2D eigenvalue weighted by Crippen LogP contribution is -2.28. The van der Waals surface area contributed by atoms with Crippen LogP contribution in [0.3, 0.4) is 0 Å². The third kappa shape index (κ3) is 5.83. The van der Waals surface area contributed by atoms with E-state index in [1.54, 1.807) is 25.4 Å². The van der Waals surface area contributed by atoms with Crippen molar-refractivity contribution in [1.29, 1.82) is 0 Å². The second-order valence-electron chi connectivity index (χ2n) is 7.75. The van der Waals surface area contributed by atoms with Crippen molar-refractivity contribution in [3.63, 3.8) is 0 Å². The summed E-state index contributed by atoms with van der Waals surface area (Å²) in [5.41, 5.74) is 11.8. The molecule has 10 heteroatoms. The topological polar surface area (TPSA) is 114 Å². The highest BCUT2D eigenvalue weighted by molar-refractivity contribution is 8.14. The molecular formula is C24H25ClN6O2S. The van der Waals surface area contributed by atoms with Crippen molar-refractivity contribution in [3.05, 3.63) is 59.0 Å². The number of pyridine rings is 1. The average Bonchev–Trinajstić information content (AvgIpc) is 3.58. The summed E-state index contributed by atoms with van der Waals surface area (Å²) in [5.74, 6) is 7.03. The number of hydrogen-bond donors (Lipinski definition) is 4. The van der Waals surface area contributed by atoms with Crippen LogP contribution in [0.2, 0.25) is 5.15 Å². The van der Waals surface area contributed by atoms with Gasteiger partial charge in [-0.05, 0) is 66.2 Å². The molecule has 8 nitrogen and oxygen atoms in total. The van der Waals surface area contributed by atoms with Gasteiger partial charge in [-0.2, -0.15) is 5.10 Å². The van der Waals surface area contributed by atoms with Gasteiger partial charge in [0.1, 0.15) is 10.9 Å².